The monoisotopic (exact) mass is 571 g/mol. The molecule has 5 aromatic rings. The molecule has 0 aliphatic carbocycles. The number of halogens is 3. The predicted molar refractivity (Wildman–Crippen MR) is 158 cm³/mol. The summed E-state index contributed by atoms with van der Waals surface area (Å²) in [6.07, 6.45) is 3.11. The quantitative estimate of drug-likeness (QED) is 0.156. The average molecular weight is 572 g/mol. The Morgan fingerprint density at radius 1 is 0.905 bits per heavy atom. The molecule has 0 bridgehead atoms. The van der Waals surface area contributed by atoms with Crippen LogP contribution in [-0.4, -0.2) is 25.9 Å². The van der Waals surface area contributed by atoms with E-state index >= 15 is 0 Å². The van der Waals surface area contributed by atoms with Crippen molar-refractivity contribution in [3.8, 4) is 11.6 Å². The lowest BCUT2D eigenvalue weighted by molar-refractivity contribution is -0.274. The van der Waals surface area contributed by atoms with E-state index in [0.29, 0.717) is 23.3 Å². The van der Waals surface area contributed by atoms with Gasteiger partial charge in [0.25, 0.3) is 0 Å². The molecule has 214 valence electrons. The summed E-state index contributed by atoms with van der Waals surface area (Å²) < 4.78 is 43.1. The summed E-state index contributed by atoms with van der Waals surface area (Å²) >= 11 is 0. The predicted octanol–water partition coefficient (Wildman–Crippen LogP) is 8.22. The number of allylic oxidation sites excluding steroid dienone is 1. The Hall–Kier alpha value is -5.32. The van der Waals surface area contributed by atoms with E-state index in [1.54, 1.807) is 23.0 Å². The van der Waals surface area contributed by atoms with Crippen molar-refractivity contribution in [3.05, 3.63) is 115 Å². The molecule has 0 saturated carbocycles. The number of anilines is 5. The van der Waals surface area contributed by atoms with Gasteiger partial charge in [-0.3, -0.25) is 4.57 Å². The molecule has 42 heavy (non-hydrogen) atoms. The summed E-state index contributed by atoms with van der Waals surface area (Å²) in [6, 6.07) is 23.3. The zero-order valence-corrected chi connectivity index (χ0v) is 22.9. The van der Waals surface area contributed by atoms with Crippen LogP contribution in [0.25, 0.3) is 11.5 Å². The molecule has 0 amide bonds. The lowest BCUT2D eigenvalue weighted by Gasteiger charge is -2.16. The highest BCUT2D eigenvalue weighted by molar-refractivity contribution is 5.79. The maximum absolute atomic E-state index is 12.4. The number of hydrogen-bond donors (Lipinski definition) is 3. The molecule has 8 nitrogen and oxygen atoms in total. The van der Waals surface area contributed by atoms with Crippen LogP contribution in [0.3, 0.4) is 0 Å². The number of rotatable bonds is 10. The largest absolute Gasteiger partial charge is 0.573 e. The number of ether oxygens (including phenoxy) is 1. The maximum atomic E-state index is 12.4. The van der Waals surface area contributed by atoms with Crippen LogP contribution in [0.15, 0.2) is 104 Å². The molecular weight excluding hydrogens is 543 g/mol. The van der Waals surface area contributed by atoms with E-state index in [9.17, 15) is 13.2 Å². The third kappa shape index (κ3) is 7.25. The second-order valence-corrected chi connectivity index (χ2v) is 9.25. The van der Waals surface area contributed by atoms with E-state index in [4.69, 9.17) is 0 Å². The molecule has 0 aliphatic rings. The Morgan fingerprint density at radius 2 is 1.67 bits per heavy atom. The molecule has 3 N–H and O–H groups in total. The summed E-state index contributed by atoms with van der Waals surface area (Å²) in [4.78, 5) is 13.1. The van der Waals surface area contributed by atoms with Crippen LogP contribution in [0.2, 0.25) is 0 Å². The number of nitrogens with zero attached hydrogens (tertiary/aromatic N) is 4. The smallest absolute Gasteiger partial charge is 0.406 e. The van der Waals surface area contributed by atoms with E-state index in [0.717, 1.165) is 34.6 Å². The van der Waals surface area contributed by atoms with Crippen molar-refractivity contribution in [3.63, 3.8) is 0 Å². The number of nitrogens with one attached hydrogen (secondary N) is 3. The van der Waals surface area contributed by atoms with E-state index in [1.165, 1.54) is 30.6 Å². The van der Waals surface area contributed by atoms with Crippen molar-refractivity contribution in [1.82, 2.24) is 19.5 Å². The van der Waals surface area contributed by atoms with Crippen molar-refractivity contribution in [2.45, 2.75) is 26.6 Å². The summed E-state index contributed by atoms with van der Waals surface area (Å²) in [5, 5.41) is 10.0. The Labute approximate surface area is 240 Å². The van der Waals surface area contributed by atoms with Gasteiger partial charge in [-0.15, -0.1) is 13.2 Å². The highest BCUT2D eigenvalue weighted by Crippen LogP contribution is 2.28. The molecule has 5 rings (SSSR count). The van der Waals surface area contributed by atoms with Gasteiger partial charge in [0.2, 0.25) is 5.95 Å². The standard InChI is InChI=1S/C31H28F3N7O/c1-3-7-26(22-8-5-4-6-9-22)38-24-11-10-21(2)27(18-24)40-30-35-16-17-41(30)29-19-28(36-20-37-29)39-23-12-14-25(15-13-23)42-31(32,33)34/h4-20,38H,3H2,1-2H3,(H,35,40)(H,36,37,39)/b26-7+. The van der Waals surface area contributed by atoms with Gasteiger partial charge < -0.3 is 20.7 Å². The number of alkyl halides is 3. The van der Waals surface area contributed by atoms with Crippen LogP contribution in [0.4, 0.5) is 42.0 Å². The number of aryl methyl sites for hydroxylation is 1. The molecule has 0 unspecified atom stereocenters. The van der Waals surface area contributed by atoms with Gasteiger partial charge in [0, 0.05) is 41.2 Å². The molecule has 0 aliphatic heterocycles. The van der Waals surface area contributed by atoms with Crippen molar-refractivity contribution in [2.75, 3.05) is 16.0 Å². The van der Waals surface area contributed by atoms with Crippen LogP contribution in [0.5, 0.6) is 5.75 Å². The Morgan fingerprint density at radius 3 is 2.40 bits per heavy atom. The normalized spacial score (nSPS) is 11.7. The SMILES string of the molecule is CC/C=C(/Nc1ccc(C)c(Nc2nccn2-c2cc(Nc3ccc(OC(F)(F)F)cc3)ncn2)c1)c1ccccc1. The first-order valence-electron chi connectivity index (χ1n) is 13.2. The molecule has 0 atom stereocenters. The van der Waals surface area contributed by atoms with E-state index in [2.05, 4.69) is 60.8 Å². The zero-order chi connectivity index (χ0) is 29.5. The van der Waals surface area contributed by atoms with Crippen LogP contribution >= 0.6 is 0 Å². The highest BCUT2D eigenvalue weighted by atomic mass is 19.4. The van der Waals surface area contributed by atoms with E-state index in [1.807, 2.05) is 43.3 Å². The first-order valence-corrected chi connectivity index (χ1v) is 13.2. The highest BCUT2D eigenvalue weighted by Gasteiger charge is 2.31. The van der Waals surface area contributed by atoms with Crippen LogP contribution < -0.4 is 20.7 Å². The number of aromatic nitrogens is 4. The van der Waals surface area contributed by atoms with Crippen molar-refractivity contribution >= 4 is 34.5 Å². The third-order valence-electron chi connectivity index (χ3n) is 6.16. The molecular formula is C31H28F3N7O. The van der Waals surface area contributed by atoms with Crippen LogP contribution in [0.1, 0.15) is 24.5 Å². The van der Waals surface area contributed by atoms with Crippen molar-refractivity contribution in [2.24, 2.45) is 0 Å². The first-order chi connectivity index (χ1) is 20.3. The fourth-order valence-electron chi connectivity index (χ4n) is 4.19. The van der Waals surface area contributed by atoms with Crippen LogP contribution in [-0.2, 0) is 0 Å². The minimum atomic E-state index is -4.75. The van der Waals surface area contributed by atoms with Gasteiger partial charge in [-0.1, -0.05) is 49.4 Å². The Kier molecular flexibility index (Phi) is 8.37. The Bertz CT molecular complexity index is 1670. The molecule has 3 aromatic carbocycles. The van der Waals surface area contributed by atoms with Gasteiger partial charge >= 0.3 is 6.36 Å². The van der Waals surface area contributed by atoms with Gasteiger partial charge in [-0.2, -0.15) is 0 Å². The second kappa shape index (κ2) is 12.5. The summed E-state index contributed by atoms with van der Waals surface area (Å²) in [5.41, 5.74) is 5.47. The fraction of sp³-hybridized carbons (Fsp3) is 0.129. The van der Waals surface area contributed by atoms with E-state index < -0.39 is 6.36 Å². The lowest BCUT2D eigenvalue weighted by Crippen LogP contribution is -2.16. The first kappa shape index (κ1) is 28.2. The molecule has 0 fully saturated rings. The van der Waals surface area contributed by atoms with Crippen molar-refractivity contribution < 1.29 is 17.9 Å². The molecule has 0 saturated heterocycles. The molecule has 11 heteroatoms. The second-order valence-electron chi connectivity index (χ2n) is 9.25. The van der Waals surface area contributed by atoms with Gasteiger partial charge in [0.05, 0.1) is 0 Å². The lowest BCUT2D eigenvalue weighted by atomic mass is 10.1. The van der Waals surface area contributed by atoms with Gasteiger partial charge in [-0.25, -0.2) is 15.0 Å². The minimum Gasteiger partial charge on any atom is -0.406 e. The number of benzene rings is 3. The topological polar surface area (TPSA) is 88.9 Å². The molecule has 0 spiro atoms. The average Bonchev–Trinajstić information content (AvgIpc) is 3.44. The molecule has 0 radical (unpaired) electrons. The van der Waals surface area contributed by atoms with Crippen molar-refractivity contribution in [1.29, 1.82) is 0 Å². The van der Waals surface area contributed by atoms with E-state index in [-0.39, 0.29) is 5.75 Å². The van der Waals surface area contributed by atoms with Gasteiger partial charge in [-0.05, 0) is 60.9 Å². The minimum absolute atomic E-state index is 0.308. The Balaban J connectivity index is 1.33. The number of imidazole rings is 1. The number of hydrogen-bond acceptors (Lipinski definition) is 7. The summed E-state index contributed by atoms with van der Waals surface area (Å²) in [7, 11) is 0. The van der Waals surface area contributed by atoms with Crippen LogP contribution in [0, 0.1) is 6.92 Å². The van der Waals surface area contributed by atoms with Gasteiger partial charge in [0.15, 0.2) is 0 Å². The molecule has 2 heterocycles. The fourth-order valence-corrected chi connectivity index (χ4v) is 4.19. The summed E-state index contributed by atoms with van der Waals surface area (Å²) in [6.45, 7) is 4.11. The zero-order valence-electron chi connectivity index (χ0n) is 22.9. The molecule has 2 aromatic heterocycles. The van der Waals surface area contributed by atoms with Gasteiger partial charge in [0.1, 0.15) is 23.7 Å². The maximum Gasteiger partial charge on any atom is 0.573 e. The third-order valence-corrected chi connectivity index (χ3v) is 6.16. The summed E-state index contributed by atoms with van der Waals surface area (Å²) in [5.74, 6) is 1.22.